The molecule has 0 unspecified atom stereocenters. The van der Waals surface area contributed by atoms with Gasteiger partial charge in [-0.25, -0.2) is 4.98 Å². The van der Waals surface area contributed by atoms with E-state index in [0.717, 1.165) is 21.7 Å². The molecule has 0 N–H and O–H groups in total. The number of aryl methyl sites for hydroxylation is 1. The van der Waals surface area contributed by atoms with Crippen molar-refractivity contribution in [2.24, 2.45) is 0 Å². The first-order valence-corrected chi connectivity index (χ1v) is 10.1. The van der Waals surface area contributed by atoms with E-state index in [9.17, 15) is 4.79 Å². The zero-order chi connectivity index (χ0) is 19.8. The van der Waals surface area contributed by atoms with Crippen LogP contribution in [0.25, 0.3) is 31.9 Å². The highest BCUT2D eigenvalue weighted by molar-refractivity contribution is 7.22. The van der Waals surface area contributed by atoms with Gasteiger partial charge in [0.2, 0.25) is 0 Å². The summed E-state index contributed by atoms with van der Waals surface area (Å²) in [6, 6.07) is 21.9. The molecule has 0 spiro atoms. The molecule has 6 heteroatoms. The first-order chi connectivity index (χ1) is 14.2. The molecule has 29 heavy (non-hydrogen) atoms. The van der Waals surface area contributed by atoms with E-state index in [1.54, 1.807) is 10.9 Å². The van der Waals surface area contributed by atoms with Gasteiger partial charge in [0.25, 0.3) is 5.56 Å². The van der Waals surface area contributed by atoms with Crippen LogP contribution >= 0.6 is 11.3 Å². The van der Waals surface area contributed by atoms with Gasteiger partial charge in [-0.15, -0.1) is 11.3 Å². The molecule has 0 saturated carbocycles. The number of nitrogens with zero attached hydrogens (tertiary/aromatic N) is 3. The molecule has 3 aromatic heterocycles. The van der Waals surface area contributed by atoms with E-state index in [0.29, 0.717) is 22.5 Å². The van der Waals surface area contributed by atoms with Crippen LogP contribution in [0.5, 0.6) is 0 Å². The SMILES string of the molecule is Cc1ccc(-c2cc(Cn3cnc4cc(-c5ccccc5)sc4c3=O)on2)cc1. The molecule has 0 amide bonds. The predicted octanol–water partition coefficient (Wildman–Crippen LogP) is 5.14. The van der Waals surface area contributed by atoms with Crippen molar-refractivity contribution in [3.8, 4) is 21.7 Å². The van der Waals surface area contributed by atoms with Gasteiger partial charge in [-0.05, 0) is 18.6 Å². The minimum absolute atomic E-state index is 0.0736. The van der Waals surface area contributed by atoms with E-state index in [2.05, 4.69) is 10.1 Å². The van der Waals surface area contributed by atoms with Gasteiger partial charge in [0.05, 0.1) is 18.4 Å². The lowest BCUT2D eigenvalue weighted by molar-refractivity contribution is 0.376. The standard InChI is InChI=1S/C23H17N3O2S/c1-15-7-9-16(10-8-15)19-11-18(28-25-19)13-26-14-24-20-12-21(29-22(20)23(26)27)17-5-3-2-4-6-17/h2-12,14H,13H2,1H3. The Labute approximate surface area is 170 Å². The van der Waals surface area contributed by atoms with Crippen LogP contribution in [0.15, 0.2) is 82.4 Å². The molecule has 5 nitrogen and oxygen atoms in total. The van der Waals surface area contributed by atoms with Crippen molar-refractivity contribution in [1.82, 2.24) is 14.7 Å². The van der Waals surface area contributed by atoms with Gasteiger partial charge in [0.15, 0.2) is 5.76 Å². The lowest BCUT2D eigenvalue weighted by atomic mass is 10.1. The largest absolute Gasteiger partial charge is 0.359 e. The fraction of sp³-hybridized carbons (Fsp3) is 0.0870. The average Bonchev–Trinajstić information content (AvgIpc) is 3.39. The molecule has 0 aliphatic carbocycles. The molecule has 142 valence electrons. The zero-order valence-electron chi connectivity index (χ0n) is 15.7. The van der Waals surface area contributed by atoms with Crippen LogP contribution in [-0.2, 0) is 6.54 Å². The summed E-state index contributed by atoms with van der Waals surface area (Å²) < 4.78 is 7.67. The third kappa shape index (κ3) is 3.39. The molecule has 5 aromatic rings. The highest BCUT2D eigenvalue weighted by Crippen LogP contribution is 2.30. The summed E-state index contributed by atoms with van der Waals surface area (Å²) in [7, 11) is 0. The van der Waals surface area contributed by atoms with E-state index >= 15 is 0 Å². The topological polar surface area (TPSA) is 60.9 Å². The fourth-order valence-corrected chi connectivity index (χ4v) is 4.28. The van der Waals surface area contributed by atoms with Crippen molar-refractivity contribution in [3.63, 3.8) is 0 Å². The smallest absolute Gasteiger partial charge is 0.271 e. The van der Waals surface area contributed by atoms with Crippen molar-refractivity contribution >= 4 is 21.6 Å². The lowest BCUT2D eigenvalue weighted by Crippen LogP contribution is -2.19. The Balaban J connectivity index is 1.46. The number of benzene rings is 2. The third-order valence-corrected chi connectivity index (χ3v) is 5.96. The van der Waals surface area contributed by atoms with Gasteiger partial charge in [-0.2, -0.15) is 0 Å². The summed E-state index contributed by atoms with van der Waals surface area (Å²) in [6.07, 6.45) is 1.57. The van der Waals surface area contributed by atoms with Crippen molar-refractivity contribution in [1.29, 1.82) is 0 Å². The predicted molar refractivity (Wildman–Crippen MR) is 115 cm³/mol. The molecular weight excluding hydrogens is 382 g/mol. The Morgan fingerprint density at radius 1 is 1.00 bits per heavy atom. The molecule has 0 radical (unpaired) electrons. The van der Waals surface area contributed by atoms with Gasteiger partial charge in [0.1, 0.15) is 10.4 Å². The number of fused-ring (bicyclic) bond motifs is 1. The van der Waals surface area contributed by atoms with Crippen molar-refractivity contribution < 1.29 is 4.52 Å². The Hall–Kier alpha value is -3.51. The summed E-state index contributed by atoms with van der Waals surface area (Å²) in [6.45, 7) is 2.33. The van der Waals surface area contributed by atoms with E-state index in [4.69, 9.17) is 4.52 Å². The summed E-state index contributed by atoms with van der Waals surface area (Å²) in [5.41, 5.74) is 4.65. The van der Waals surface area contributed by atoms with Crippen LogP contribution in [0.3, 0.4) is 0 Å². The Morgan fingerprint density at radius 3 is 2.59 bits per heavy atom. The number of hydrogen-bond acceptors (Lipinski definition) is 5. The Bertz CT molecular complexity index is 1350. The van der Waals surface area contributed by atoms with Crippen molar-refractivity contribution in [3.05, 3.63) is 94.7 Å². The maximum Gasteiger partial charge on any atom is 0.271 e. The first-order valence-electron chi connectivity index (χ1n) is 9.24. The van der Waals surface area contributed by atoms with Crippen molar-refractivity contribution in [2.45, 2.75) is 13.5 Å². The van der Waals surface area contributed by atoms with Crippen LogP contribution in [0.4, 0.5) is 0 Å². The Morgan fingerprint density at radius 2 is 1.79 bits per heavy atom. The van der Waals surface area contributed by atoms with Crippen LogP contribution < -0.4 is 5.56 Å². The molecule has 0 bridgehead atoms. The second-order valence-electron chi connectivity index (χ2n) is 6.91. The monoisotopic (exact) mass is 399 g/mol. The first kappa shape index (κ1) is 17.6. The number of rotatable bonds is 4. The molecule has 3 heterocycles. The number of thiophene rings is 1. The van der Waals surface area contributed by atoms with E-state index in [1.807, 2.05) is 73.7 Å². The van der Waals surface area contributed by atoms with Crippen LogP contribution in [0.2, 0.25) is 0 Å². The molecule has 0 aliphatic heterocycles. The minimum Gasteiger partial charge on any atom is -0.359 e. The quantitative estimate of drug-likeness (QED) is 0.420. The van der Waals surface area contributed by atoms with Crippen LogP contribution in [0.1, 0.15) is 11.3 Å². The number of aromatic nitrogens is 3. The van der Waals surface area contributed by atoms with E-state index in [1.165, 1.54) is 16.9 Å². The lowest BCUT2D eigenvalue weighted by Gasteiger charge is -2.01. The van der Waals surface area contributed by atoms with Gasteiger partial charge in [-0.1, -0.05) is 65.3 Å². The molecule has 5 rings (SSSR count). The molecule has 0 atom stereocenters. The zero-order valence-corrected chi connectivity index (χ0v) is 16.5. The maximum absolute atomic E-state index is 13.0. The highest BCUT2D eigenvalue weighted by atomic mass is 32.1. The van der Waals surface area contributed by atoms with Crippen LogP contribution in [-0.4, -0.2) is 14.7 Å². The highest BCUT2D eigenvalue weighted by Gasteiger charge is 2.13. The fourth-order valence-electron chi connectivity index (χ4n) is 3.22. The van der Waals surface area contributed by atoms with Gasteiger partial charge < -0.3 is 4.52 Å². The normalized spacial score (nSPS) is 11.2. The summed E-state index contributed by atoms with van der Waals surface area (Å²) >= 11 is 1.46. The molecule has 0 saturated heterocycles. The molecule has 2 aromatic carbocycles. The summed E-state index contributed by atoms with van der Waals surface area (Å²) in [5.74, 6) is 0.615. The van der Waals surface area contributed by atoms with Crippen LogP contribution in [0, 0.1) is 6.92 Å². The van der Waals surface area contributed by atoms with Gasteiger partial charge in [-0.3, -0.25) is 9.36 Å². The molecule has 0 fully saturated rings. The number of hydrogen-bond donors (Lipinski definition) is 0. The van der Waals surface area contributed by atoms with Gasteiger partial charge in [0, 0.05) is 16.5 Å². The van der Waals surface area contributed by atoms with Crippen molar-refractivity contribution in [2.75, 3.05) is 0 Å². The molecular formula is C23H17N3O2S. The third-order valence-electron chi connectivity index (χ3n) is 4.79. The molecule has 0 aliphatic rings. The van der Waals surface area contributed by atoms with Gasteiger partial charge >= 0.3 is 0 Å². The average molecular weight is 399 g/mol. The second-order valence-corrected chi connectivity index (χ2v) is 7.97. The summed E-state index contributed by atoms with van der Waals surface area (Å²) in [5, 5.41) is 4.14. The summed E-state index contributed by atoms with van der Waals surface area (Å²) in [4.78, 5) is 18.5. The Kier molecular flexibility index (Phi) is 4.33. The second kappa shape index (κ2) is 7.14. The van der Waals surface area contributed by atoms with E-state index < -0.39 is 0 Å². The maximum atomic E-state index is 13.0. The van der Waals surface area contributed by atoms with E-state index in [-0.39, 0.29) is 5.56 Å². The minimum atomic E-state index is -0.0736.